The maximum Gasteiger partial charge on any atom is 0.321 e. The van der Waals surface area contributed by atoms with Crippen LogP contribution in [0.2, 0.25) is 0 Å². The minimum atomic E-state index is -1.05. The number of hydrogen-bond acceptors (Lipinski definition) is 5. The van der Waals surface area contributed by atoms with Crippen LogP contribution in [0, 0.1) is 5.92 Å². The maximum absolute atomic E-state index is 10.1. The fourth-order valence-electron chi connectivity index (χ4n) is 0.442. The molecule has 0 fully saturated rings. The van der Waals surface area contributed by atoms with Crippen LogP contribution in [0.1, 0.15) is 13.8 Å². The van der Waals surface area contributed by atoms with Crippen molar-refractivity contribution in [2.24, 2.45) is 22.4 Å². The van der Waals surface area contributed by atoms with Gasteiger partial charge in [-0.15, -0.1) is 0 Å². The molecule has 94 valence electrons. The molecule has 0 heterocycles. The Morgan fingerprint density at radius 3 is 2.06 bits per heavy atom. The van der Waals surface area contributed by atoms with Gasteiger partial charge in [0.1, 0.15) is 6.04 Å². The zero-order chi connectivity index (χ0) is 13.1. The topological polar surface area (TPSA) is 139 Å². The first-order chi connectivity index (χ1) is 7.36. The number of hydrogen-bond donors (Lipinski definition) is 4. The van der Waals surface area contributed by atoms with Crippen molar-refractivity contribution in [3.63, 3.8) is 0 Å². The molecule has 0 radical (unpaired) electrons. The summed E-state index contributed by atoms with van der Waals surface area (Å²) in [5.41, 5.74) is 9.76. The molecule has 6 N–H and O–H groups in total. The summed E-state index contributed by atoms with van der Waals surface area (Å²) in [5.74, 6) is -2.20. The molecule has 0 rings (SSSR count). The normalized spacial score (nSPS) is 13.8. The molecule has 0 saturated heterocycles. The highest BCUT2D eigenvalue weighted by Crippen LogP contribution is 1.93. The van der Waals surface area contributed by atoms with E-state index < -0.39 is 18.0 Å². The smallest absolute Gasteiger partial charge is 0.321 e. The summed E-state index contributed by atoms with van der Waals surface area (Å²) < 4.78 is 0. The summed E-state index contributed by atoms with van der Waals surface area (Å²) in [5, 5.41) is 16.3. The first-order valence-corrected chi connectivity index (χ1v) is 4.72. The van der Waals surface area contributed by atoms with Gasteiger partial charge in [-0.1, -0.05) is 6.92 Å². The van der Waals surface area contributed by atoms with Crippen LogP contribution >= 0.6 is 0 Å². The van der Waals surface area contributed by atoms with E-state index in [1.807, 2.05) is 0 Å². The van der Waals surface area contributed by atoms with E-state index in [1.54, 1.807) is 20.1 Å². The van der Waals surface area contributed by atoms with Crippen molar-refractivity contribution in [1.82, 2.24) is 0 Å². The predicted octanol–water partition coefficient (Wildman–Crippen LogP) is -0.845. The summed E-state index contributed by atoms with van der Waals surface area (Å²) in [4.78, 5) is 23.6. The Morgan fingerprint density at radius 2 is 1.88 bits per heavy atom. The summed E-state index contributed by atoms with van der Waals surface area (Å²) in [6.45, 7) is 3.78. The Morgan fingerprint density at radius 1 is 1.38 bits per heavy atom. The maximum atomic E-state index is 10.1. The number of aliphatic imine (C=N–C) groups is 1. The van der Waals surface area contributed by atoms with Gasteiger partial charge in [-0.05, 0) is 13.1 Å². The Bertz CT molecular complexity index is 243. The predicted molar refractivity (Wildman–Crippen MR) is 60.5 cm³/mol. The van der Waals surface area contributed by atoms with Crippen molar-refractivity contribution in [3.8, 4) is 0 Å². The van der Waals surface area contributed by atoms with Gasteiger partial charge in [0.15, 0.2) is 0 Å². The average Bonchev–Trinajstić information content (AvgIpc) is 2.25. The van der Waals surface area contributed by atoms with Gasteiger partial charge in [-0.3, -0.25) is 14.6 Å². The van der Waals surface area contributed by atoms with Crippen LogP contribution in [-0.2, 0) is 9.59 Å². The number of carboxylic acids is 2. The number of nitrogens with zero attached hydrogens (tertiary/aromatic N) is 1. The van der Waals surface area contributed by atoms with Gasteiger partial charge in [0, 0.05) is 6.54 Å². The van der Waals surface area contributed by atoms with Crippen molar-refractivity contribution in [3.05, 3.63) is 0 Å². The van der Waals surface area contributed by atoms with E-state index in [0.717, 1.165) is 0 Å². The summed E-state index contributed by atoms with van der Waals surface area (Å²) in [7, 11) is 0. The molecule has 7 nitrogen and oxygen atoms in total. The van der Waals surface area contributed by atoms with Crippen LogP contribution in [0.5, 0.6) is 0 Å². The van der Waals surface area contributed by atoms with Gasteiger partial charge in [-0.25, -0.2) is 0 Å². The minimum absolute atomic E-state index is 0.00463. The molecule has 0 aliphatic carbocycles. The Balaban J connectivity index is 0. The SMILES string of the molecule is CC=NCC(C)C(=O)O.NCC(N)C(=O)O. The van der Waals surface area contributed by atoms with E-state index in [0.29, 0.717) is 6.54 Å². The van der Waals surface area contributed by atoms with Crippen LogP contribution in [0.4, 0.5) is 0 Å². The average molecular weight is 233 g/mol. The number of carboxylic acid groups (broad SMARTS) is 2. The lowest BCUT2D eigenvalue weighted by atomic mass is 10.2. The summed E-state index contributed by atoms with van der Waals surface area (Å²) >= 11 is 0. The zero-order valence-electron chi connectivity index (χ0n) is 9.46. The highest BCUT2D eigenvalue weighted by atomic mass is 16.4. The quantitative estimate of drug-likeness (QED) is 0.456. The zero-order valence-corrected chi connectivity index (χ0v) is 9.46. The second-order valence-electron chi connectivity index (χ2n) is 3.04. The van der Waals surface area contributed by atoms with Crippen LogP contribution in [0.3, 0.4) is 0 Å². The number of nitrogens with two attached hydrogens (primary N) is 2. The van der Waals surface area contributed by atoms with E-state index in [9.17, 15) is 9.59 Å². The third kappa shape index (κ3) is 10.6. The number of rotatable bonds is 5. The first kappa shape index (κ1) is 16.9. The molecule has 0 spiro atoms. The number of carbonyl (C=O) groups is 2. The van der Waals surface area contributed by atoms with Crippen molar-refractivity contribution in [1.29, 1.82) is 0 Å². The highest BCUT2D eigenvalue weighted by molar-refractivity contribution is 5.73. The van der Waals surface area contributed by atoms with E-state index >= 15 is 0 Å². The molecule has 0 aromatic rings. The van der Waals surface area contributed by atoms with Gasteiger partial charge in [0.2, 0.25) is 0 Å². The lowest BCUT2D eigenvalue weighted by Gasteiger charge is -1.98. The van der Waals surface area contributed by atoms with Crippen LogP contribution in [-0.4, -0.2) is 47.5 Å². The lowest BCUT2D eigenvalue weighted by molar-refractivity contribution is -0.141. The molecule has 0 saturated carbocycles. The van der Waals surface area contributed by atoms with Crippen molar-refractivity contribution in [2.45, 2.75) is 19.9 Å². The summed E-state index contributed by atoms with van der Waals surface area (Å²) in [6, 6.07) is -0.903. The van der Waals surface area contributed by atoms with Crippen LogP contribution in [0.25, 0.3) is 0 Å². The van der Waals surface area contributed by atoms with Gasteiger partial charge in [0.05, 0.1) is 12.5 Å². The van der Waals surface area contributed by atoms with Gasteiger partial charge < -0.3 is 21.7 Å². The van der Waals surface area contributed by atoms with Gasteiger partial charge in [-0.2, -0.15) is 0 Å². The fraction of sp³-hybridized carbons (Fsp3) is 0.667. The molecule has 0 amide bonds. The Kier molecular flexibility index (Phi) is 10.7. The second kappa shape index (κ2) is 10.1. The Hall–Kier alpha value is -1.47. The molecule has 2 unspecified atom stereocenters. The van der Waals surface area contributed by atoms with E-state index in [4.69, 9.17) is 21.7 Å². The van der Waals surface area contributed by atoms with E-state index in [-0.39, 0.29) is 12.5 Å². The first-order valence-electron chi connectivity index (χ1n) is 4.72. The highest BCUT2D eigenvalue weighted by Gasteiger charge is 2.07. The van der Waals surface area contributed by atoms with E-state index in [1.165, 1.54) is 0 Å². The third-order valence-corrected chi connectivity index (χ3v) is 1.55. The molecule has 0 bridgehead atoms. The number of aliphatic carboxylic acids is 2. The molecule has 16 heavy (non-hydrogen) atoms. The van der Waals surface area contributed by atoms with Crippen molar-refractivity contribution in [2.75, 3.05) is 13.1 Å². The van der Waals surface area contributed by atoms with Crippen molar-refractivity contribution < 1.29 is 19.8 Å². The Labute approximate surface area is 94.2 Å². The minimum Gasteiger partial charge on any atom is -0.481 e. The molecule has 0 aromatic heterocycles. The van der Waals surface area contributed by atoms with Gasteiger partial charge >= 0.3 is 11.9 Å². The molecular formula is C9H19N3O4. The molecule has 0 aromatic carbocycles. The monoisotopic (exact) mass is 233 g/mol. The molecule has 7 heteroatoms. The largest absolute Gasteiger partial charge is 0.481 e. The summed E-state index contributed by atoms with van der Waals surface area (Å²) in [6.07, 6.45) is 1.61. The van der Waals surface area contributed by atoms with Gasteiger partial charge in [0.25, 0.3) is 0 Å². The molecule has 0 aliphatic rings. The molecule has 0 aliphatic heterocycles. The fourth-order valence-corrected chi connectivity index (χ4v) is 0.442. The molecular weight excluding hydrogens is 214 g/mol. The van der Waals surface area contributed by atoms with Crippen LogP contribution < -0.4 is 11.5 Å². The molecule has 2 atom stereocenters. The van der Waals surface area contributed by atoms with E-state index in [2.05, 4.69) is 4.99 Å². The standard InChI is InChI=1S/C6H11NO2.C3H8N2O2/c1-3-7-4-5(2)6(8)9;4-1-2(5)3(6)7/h3,5H,4H2,1-2H3,(H,8,9);2H,1,4-5H2,(H,6,7). The lowest BCUT2D eigenvalue weighted by Crippen LogP contribution is -2.37. The van der Waals surface area contributed by atoms with Crippen LogP contribution in [0.15, 0.2) is 4.99 Å². The third-order valence-electron chi connectivity index (χ3n) is 1.55. The van der Waals surface area contributed by atoms with Crippen molar-refractivity contribution >= 4 is 18.2 Å². The second-order valence-corrected chi connectivity index (χ2v) is 3.04.